The van der Waals surface area contributed by atoms with Crippen molar-refractivity contribution in [2.45, 2.75) is 50.5 Å². The Morgan fingerprint density at radius 3 is 2.39 bits per heavy atom. The van der Waals surface area contributed by atoms with Crippen LogP contribution in [0.2, 0.25) is 0 Å². The van der Waals surface area contributed by atoms with Gasteiger partial charge in [0.05, 0.1) is 12.1 Å². The number of benzene rings is 1. The molecule has 9 heteroatoms. The standard InChI is InChI=1S/C19H18F3N3O3/c20-19(21,22)12-3-1-11(2-4-12)18(27)25(14-7-8-14)9-16-24-15(10-28-16)17(26)23-13-5-6-13/h1-4,10,13-14H,5-9H2,(H,23,26). The van der Waals surface area contributed by atoms with Crippen LogP contribution in [0.5, 0.6) is 0 Å². The van der Waals surface area contributed by atoms with E-state index < -0.39 is 17.6 Å². The molecular weight excluding hydrogens is 375 g/mol. The van der Waals surface area contributed by atoms with Crippen molar-refractivity contribution in [1.29, 1.82) is 0 Å². The number of rotatable bonds is 6. The summed E-state index contributed by atoms with van der Waals surface area (Å²) in [5.41, 5.74) is -0.487. The Labute approximate surface area is 158 Å². The van der Waals surface area contributed by atoms with Gasteiger partial charge in [0.2, 0.25) is 5.89 Å². The molecule has 2 aliphatic carbocycles. The average molecular weight is 393 g/mol. The van der Waals surface area contributed by atoms with Crippen molar-refractivity contribution in [3.05, 3.63) is 53.2 Å². The summed E-state index contributed by atoms with van der Waals surface area (Å²) < 4.78 is 43.5. The van der Waals surface area contributed by atoms with Crippen LogP contribution in [0, 0.1) is 0 Å². The van der Waals surface area contributed by atoms with E-state index in [2.05, 4.69) is 10.3 Å². The monoisotopic (exact) mass is 393 g/mol. The van der Waals surface area contributed by atoms with Crippen LogP contribution in [0.15, 0.2) is 34.9 Å². The Balaban J connectivity index is 1.46. The molecule has 0 radical (unpaired) electrons. The number of halogens is 3. The maximum Gasteiger partial charge on any atom is 0.416 e. The number of nitrogens with zero attached hydrogens (tertiary/aromatic N) is 2. The summed E-state index contributed by atoms with van der Waals surface area (Å²) in [6.45, 7) is 0.0568. The number of hydrogen-bond donors (Lipinski definition) is 1. The normalized spacial score (nSPS) is 16.7. The molecule has 4 rings (SSSR count). The van der Waals surface area contributed by atoms with Gasteiger partial charge >= 0.3 is 6.18 Å². The zero-order valence-corrected chi connectivity index (χ0v) is 14.8. The van der Waals surface area contributed by atoms with Gasteiger partial charge in [0.25, 0.3) is 11.8 Å². The number of aromatic nitrogens is 1. The van der Waals surface area contributed by atoms with Gasteiger partial charge in [0.15, 0.2) is 5.69 Å². The van der Waals surface area contributed by atoms with Gasteiger partial charge in [-0.1, -0.05) is 0 Å². The SMILES string of the molecule is O=C(NC1CC1)c1coc(CN(C(=O)c2ccc(C(F)(F)F)cc2)C2CC2)n1. The summed E-state index contributed by atoms with van der Waals surface area (Å²) in [7, 11) is 0. The van der Waals surface area contributed by atoms with Crippen molar-refractivity contribution in [3.63, 3.8) is 0 Å². The first-order chi connectivity index (χ1) is 13.3. The van der Waals surface area contributed by atoms with Crippen LogP contribution in [0.4, 0.5) is 13.2 Å². The van der Waals surface area contributed by atoms with E-state index in [1.165, 1.54) is 23.3 Å². The molecular formula is C19H18F3N3O3. The summed E-state index contributed by atoms with van der Waals surface area (Å²) in [5.74, 6) is -0.490. The van der Waals surface area contributed by atoms with E-state index >= 15 is 0 Å². The average Bonchev–Trinajstić information content (AvgIpc) is 3.59. The van der Waals surface area contributed by atoms with Crippen LogP contribution in [0.1, 0.15) is 58.0 Å². The lowest BCUT2D eigenvalue weighted by atomic mass is 10.1. The molecule has 2 aromatic rings. The summed E-state index contributed by atoms with van der Waals surface area (Å²) >= 11 is 0. The van der Waals surface area contributed by atoms with Gasteiger partial charge in [0, 0.05) is 17.6 Å². The number of carbonyl (C=O) groups is 2. The second-order valence-electron chi connectivity index (χ2n) is 7.11. The molecule has 28 heavy (non-hydrogen) atoms. The topological polar surface area (TPSA) is 75.4 Å². The maximum absolute atomic E-state index is 12.8. The summed E-state index contributed by atoms with van der Waals surface area (Å²) in [4.78, 5) is 30.5. The molecule has 2 saturated carbocycles. The molecule has 1 N–H and O–H groups in total. The van der Waals surface area contributed by atoms with Crippen molar-refractivity contribution in [3.8, 4) is 0 Å². The minimum absolute atomic E-state index is 0.00886. The van der Waals surface area contributed by atoms with Gasteiger partial charge in [-0.25, -0.2) is 4.98 Å². The van der Waals surface area contributed by atoms with E-state index in [0.717, 1.165) is 37.8 Å². The fraction of sp³-hybridized carbons (Fsp3) is 0.421. The molecule has 0 atom stereocenters. The van der Waals surface area contributed by atoms with Crippen molar-refractivity contribution in [2.24, 2.45) is 0 Å². The number of alkyl halides is 3. The number of amides is 2. The Hall–Kier alpha value is -2.84. The first-order valence-corrected chi connectivity index (χ1v) is 9.05. The Morgan fingerprint density at radius 2 is 1.82 bits per heavy atom. The smallest absolute Gasteiger partial charge is 0.416 e. The summed E-state index contributed by atoms with van der Waals surface area (Å²) in [6, 6.07) is 4.31. The van der Waals surface area contributed by atoms with E-state index in [1.54, 1.807) is 0 Å². The minimum Gasteiger partial charge on any atom is -0.446 e. The largest absolute Gasteiger partial charge is 0.446 e. The second-order valence-corrected chi connectivity index (χ2v) is 7.11. The molecule has 0 saturated heterocycles. The van der Waals surface area contributed by atoms with E-state index in [-0.39, 0.29) is 41.7 Å². The van der Waals surface area contributed by atoms with Crippen molar-refractivity contribution >= 4 is 11.8 Å². The van der Waals surface area contributed by atoms with Gasteiger partial charge in [-0.3, -0.25) is 9.59 Å². The third kappa shape index (κ3) is 4.18. The molecule has 2 amide bonds. The molecule has 148 valence electrons. The third-order valence-electron chi connectivity index (χ3n) is 4.71. The first-order valence-electron chi connectivity index (χ1n) is 9.05. The molecule has 0 spiro atoms. The second kappa shape index (κ2) is 6.96. The lowest BCUT2D eigenvalue weighted by Crippen LogP contribution is -2.33. The lowest BCUT2D eigenvalue weighted by molar-refractivity contribution is -0.137. The highest BCUT2D eigenvalue weighted by molar-refractivity contribution is 5.94. The van der Waals surface area contributed by atoms with Crippen molar-refractivity contribution < 1.29 is 27.2 Å². The molecule has 0 unspecified atom stereocenters. The first kappa shape index (κ1) is 18.5. The number of carbonyl (C=O) groups excluding carboxylic acids is 2. The molecule has 1 aromatic carbocycles. The zero-order valence-electron chi connectivity index (χ0n) is 14.8. The summed E-state index contributed by atoms with van der Waals surface area (Å²) in [6.07, 6.45) is 0.319. The number of hydrogen-bond acceptors (Lipinski definition) is 4. The van der Waals surface area contributed by atoms with Crippen LogP contribution in [0.3, 0.4) is 0 Å². The Morgan fingerprint density at radius 1 is 1.14 bits per heavy atom. The fourth-order valence-electron chi connectivity index (χ4n) is 2.84. The Bertz CT molecular complexity index is 884. The predicted octanol–water partition coefficient (Wildman–Crippen LogP) is 3.39. The highest BCUT2D eigenvalue weighted by Crippen LogP contribution is 2.32. The molecule has 0 aliphatic heterocycles. The maximum atomic E-state index is 12.8. The van der Waals surface area contributed by atoms with Gasteiger partial charge in [0.1, 0.15) is 6.26 Å². The van der Waals surface area contributed by atoms with E-state index in [9.17, 15) is 22.8 Å². The van der Waals surface area contributed by atoms with Crippen LogP contribution in [-0.4, -0.2) is 33.8 Å². The van der Waals surface area contributed by atoms with Crippen LogP contribution < -0.4 is 5.32 Å². The van der Waals surface area contributed by atoms with Gasteiger partial charge in [-0.15, -0.1) is 0 Å². The van der Waals surface area contributed by atoms with E-state index in [1.807, 2.05) is 0 Å². The number of nitrogens with one attached hydrogen (secondary N) is 1. The quantitative estimate of drug-likeness (QED) is 0.816. The van der Waals surface area contributed by atoms with Gasteiger partial charge in [-0.2, -0.15) is 13.2 Å². The van der Waals surface area contributed by atoms with Crippen LogP contribution in [-0.2, 0) is 12.7 Å². The van der Waals surface area contributed by atoms with Gasteiger partial charge < -0.3 is 14.6 Å². The molecule has 1 aromatic heterocycles. The van der Waals surface area contributed by atoms with E-state index in [4.69, 9.17) is 4.42 Å². The fourth-order valence-corrected chi connectivity index (χ4v) is 2.84. The van der Waals surface area contributed by atoms with Gasteiger partial charge in [-0.05, 0) is 49.9 Å². The minimum atomic E-state index is -4.45. The Kier molecular flexibility index (Phi) is 4.60. The molecule has 2 aliphatic rings. The third-order valence-corrected chi connectivity index (χ3v) is 4.71. The van der Waals surface area contributed by atoms with Crippen LogP contribution in [0.25, 0.3) is 0 Å². The van der Waals surface area contributed by atoms with E-state index in [0.29, 0.717) is 0 Å². The van der Waals surface area contributed by atoms with Crippen molar-refractivity contribution in [1.82, 2.24) is 15.2 Å². The molecule has 1 heterocycles. The lowest BCUT2D eigenvalue weighted by Gasteiger charge is -2.21. The van der Waals surface area contributed by atoms with Crippen LogP contribution >= 0.6 is 0 Å². The zero-order chi connectivity index (χ0) is 19.9. The highest BCUT2D eigenvalue weighted by Gasteiger charge is 2.35. The summed E-state index contributed by atoms with van der Waals surface area (Å²) in [5, 5.41) is 2.80. The molecule has 2 fully saturated rings. The predicted molar refractivity (Wildman–Crippen MR) is 91.3 cm³/mol. The molecule has 0 bridgehead atoms. The molecule has 6 nitrogen and oxygen atoms in total. The highest BCUT2D eigenvalue weighted by atomic mass is 19.4. The number of oxazole rings is 1. The van der Waals surface area contributed by atoms with Crippen molar-refractivity contribution in [2.75, 3.05) is 0 Å².